The number of hydrogen-bond acceptors (Lipinski definition) is 4. The maximum atomic E-state index is 11.7. The van der Waals surface area contributed by atoms with E-state index in [2.05, 4.69) is 5.10 Å². The lowest BCUT2D eigenvalue weighted by atomic mass is 10.3. The summed E-state index contributed by atoms with van der Waals surface area (Å²) < 4.78 is 0.780. The molecule has 0 radical (unpaired) electrons. The van der Waals surface area contributed by atoms with E-state index in [1.54, 1.807) is 0 Å². The second-order valence-electron chi connectivity index (χ2n) is 3.53. The standard InChI is InChI=1S/C11H6Cl2N2O4/c12-5-1-2-7(6(13)3-5)15-9(17)4-8(16)10(14-15)11(18)19/h1-4,16H,(H,18,19). The Balaban J connectivity index is 2.72. The predicted octanol–water partition coefficient (Wildman–Crippen LogP) is 1.94. The molecule has 2 rings (SSSR count). The third kappa shape index (κ3) is 2.54. The molecule has 0 fully saturated rings. The van der Waals surface area contributed by atoms with E-state index in [0.29, 0.717) is 5.02 Å². The lowest BCUT2D eigenvalue weighted by Crippen LogP contribution is -2.23. The molecule has 0 amide bonds. The maximum Gasteiger partial charge on any atom is 0.360 e. The fourth-order valence-electron chi connectivity index (χ4n) is 1.42. The van der Waals surface area contributed by atoms with E-state index in [4.69, 9.17) is 28.3 Å². The van der Waals surface area contributed by atoms with Gasteiger partial charge in [-0.1, -0.05) is 23.2 Å². The van der Waals surface area contributed by atoms with Crippen LogP contribution in [0.25, 0.3) is 5.69 Å². The van der Waals surface area contributed by atoms with Crippen molar-refractivity contribution in [3.05, 3.63) is 50.4 Å². The number of aromatic hydroxyl groups is 1. The molecule has 6 nitrogen and oxygen atoms in total. The Bertz CT molecular complexity index is 727. The van der Waals surface area contributed by atoms with Gasteiger partial charge in [-0.05, 0) is 18.2 Å². The lowest BCUT2D eigenvalue weighted by molar-refractivity contribution is 0.0684. The summed E-state index contributed by atoms with van der Waals surface area (Å²) in [5.74, 6) is -2.17. The van der Waals surface area contributed by atoms with Crippen LogP contribution in [-0.4, -0.2) is 26.0 Å². The fourth-order valence-corrected chi connectivity index (χ4v) is 1.91. The Hall–Kier alpha value is -2.05. The molecule has 0 saturated carbocycles. The summed E-state index contributed by atoms with van der Waals surface area (Å²) in [6.45, 7) is 0. The highest BCUT2D eigenvalue weighted by atomic mass is 35.5. The molecule has 8 heteroatoms. The molecule has 98 valence electrons. The quantitative estimate of drug-likeness (QED) is 0.884. The zero-order chi connectivity index (χ0) is 14.2. The Morgan fingerprint density at radius 3 is 2.53 bits per heavy atom. The van der Waals surface area contributed by atoms with E-state index in [-0.39, 0.29) is 10.7 Å². The van der Waals surface area contributed by atoms with Gasteiger partial charge in [-0.15, -0.1) is 0 Å². The van der Waals surface area contributed by atoms with Gasteiger partial charge in [0.15, 0.2) is 5.75 Å². The molecular formula is C11H6Cl2N2O4. The smallest absolute Gasteiger partial charge is 0.360 e. The number of aromatic carboxylic acids is 1. The molecule has 0 aliphatic rings. The van der Waals surface area contributed by atoms with Gasteiger partial charge in [0.05, 0.1) is 10.7 Å². The van der Waals surface area contributed by atoms with Gasteiger partial charge in [0.1, 0.15) is 0 Å². The zero-order valence-corrected chi connectivity index (χ0v) is 10.7. The van der Waals surface area contributed by atoms with Crippen molar-refractivity contribution in [3.8, 4) is 11.4 Å². The number of carbonyl (C=O) groups is 1. The van der Waals surface area contributed by atoms with Crippen molar-refractivity contribution < 1.29 is 15.0 Å². The third-order valence-corrected chi connectivity index (χ3v) is 2.79. The molecule has 1 aromatic carbocycles. The Morgan fingerprint density at radius 1 is 1.26 bits per heavy atom. The molecule has 2 aromatic rings. The first-order valence-corrected chi connectivity index (χ1v) is 5.68. The molecule has 1 aromatic heterocycles. The first-order chi connectivity index (χ1) is 8.90. The van der Waals surface area contributed by atoms with Crippen LogP contribution in [0.3, 0.4) is 0 Å². The van der Waals surface area contributed by atoms with Gasteiger partial charge in [0, 0.05) is 11.1 Å². The van der Waals surface area contributed by atoms with Crippen molar-refractivity contribution in [2.24, 2.45) is 0 Å². The van der Waals surface area contributed by atoms with Crippen molar-refractivity contribution >= 4 is 29.2 Å². The van der Waals surface area contributed by atoms with Gasteiger partial charge < -0.3 is 10.2 Å². The Kier molecular flexibility index (Phi) is 3.46. The summed E-state index contributed by atoms with van der Waals surface area (Å²) >= 11 is 11.6. The van der Waals surface area contributed by atoms with Crippen molar-refractivity contribution in [1.82, 2.24) is 9.78 Å². The predicted molar refractivity (Wildman–Crippen MR) is 68.5 cm³/mol. The third-order valence-electron chi connectivity index (χ3n) is 2.25. The number of rotatable bonds is 2. The van der Waals surface area contributed by atoms with Gasteiger partial charge in [-0.2, -0.15) is 9.78 Å². The van der Waals surface area contributed by atoms with E-state index in [1.807, 2.05) is 0 Å². The molecule has 1 heterocycles. The van der Waals surface area contributed by atoms with E-state index in [9.17, 15) is 14.7 Å². The maximum absolute atomic E-state index is 11.7. The molecule has 0 bridgehead atoms. The molecule has 0 aliphatic heterocycles. The zero-order valence-electron chi connectivity index (χ0n) is 9.17. The van der Waals surface area contributed by atoms with Crippen molar-refractivity contribution in [2.75, 3.05) is 0 Å². The number of carboxylic acid groups (broad SMARTS) is 1. The van der Waals surface area contributed by atoms with Crippen LogP contribution in [0.2, 0.25) is 10.0 Å². The number of nitrogens with zero attached hydrogens (tertiary/aromatic N) is 2. The molecule has 0 spiro atoms. The normalized spacial score (nSPS) is 10.4. The summed E-state index contributed by atoms with van der Waals surface area (Å²) in [6, 6.07) is 5.03. The van der Waals surface area contributed by atoms with Crippen LogP contribution in [-0.2, 0) is 0 Å². The van der Waals surface area contributed by atoms with Gasteiger partial charge in [-0.25, -0.2) is 4.79 Å². The summed E-state index contributed by atoms with van der Waals surface area (Å²) in [4.78, 5) is 22.6. The van der Waals surface area contributed by atoms with Crippen LogP contribution in [0, 0.1) is 0 Å². The van der Waals surface area contributed by atoms with E-state index < -0.39 is 23.0 Å². The number of carboxylic acids is 1. The molecule has 2 N–H and O–H groups in total. The Morgan fingerprint density at radius 2 is 1.95 bits per heavy atom. The summed E-state index contributed by atoms with van der Waals surface area (Å²) in [6.07, 6.45) is 0. The molecule has 0 atom stereocenters. The van der Waals surface area contributed by atoms with Crippen LogP contribution < -0.4 is 5.56 Å². The largest absolute Gasteiger partial charge is 0.505 e. The van der Waals surface area contributed by atoms with E-state index in [0.717, 1.165) is 10.7 Å². The van der Waals surface area contributed by atoms with Crippen LogP contribution in [0.4, 0.5) is 0 Å². The highest BCUT2D eigenvalue weighted by molar-refractivity contribution is 6.35. The van der Waals surface area contributed by atoms with Crippen molar-refractivity contribution in [3.63, 3.8) is 0 Å². The average Bonchev–Trinajstić information content (AvgIpc) is 2.30. The minimum Gasteiger partial charge on any atom is -0.505 e. The van der Waals surface area contributed by atoms with Crippen LogP contribution in [0.5, 0.6) is 5.75 Å². The SMILES string of the molecule is O=C(O)c1nn(-c2ccc(Cl)cc2Cl)c(=O)cc1O. The summed E-state index contributed by atoms with van der Waals surface area (Å²) in [5.41, 5.74) is -1.20. The molecule has 0 aliphatic carbocycles. The number of aromatic nitrogens is 2. The topological polar surface area (TPSA) is 92.4 Å². The molecular weight excluding hydrogens is 295 g/mol. The first kappa shape index (κ1) is 13.4. The minimum absolute atomic E-state index is 0.129. The summed E-state index contributed by atoms with van der Waals surface area (Å²) in [7, 11) is 0. The number of benzene rings is 1. The Labute approximate surface area is 116 Å². The van der Waals surface area contributed by atoms with E-state index in [1.165, 1.54) is 18.2 Å². The monoisotopic (exact) mass is 300 g/mol. The van der Waals surface area contributed by atoms with Gasteiger partial charge in [0.25, 0.3) is 5.56 Å². The van der Waals surface area contributed by atoms with Crippen molar-refractivity contribution in [1.29, 1.82) is 0 Å². The molecule has 0 saturated heterocycles. The second-order valence-corrected chi connectivity index (χ2v) is 4.37. The number of hydrogen-bond donors (Lipinski definition) is 2. The van der Waals surface area contributed by atoms with Gasteiger partial charge in [0.2, 0.25) is 5.69 Å². The number of halogens is 2. The second kappa shape index (κ2) is 4.91. The molecule has 19 heavy (non-hydrogen) atoms. The van der Waals surface area contributed by atoms with Gasteiger partial charge >= 0.3 is 5.97 Å². The minimum atomic E-state index is -1.46. The first-order valence-electron chi connectivity index (χ1n) is 4.92. The van der Waals surface area contributed by atoms with Crippen LogP contribution in [0.1, 0.15) is 10.5 Å². The lowest BCUT2D eigenvalue weighted by Gasteiger charge is -2.08. The highest BCUT2D eigenvalue weighted by Crippen LogP contribution is 2.23. The average molecular weight is 301 g/mol. The summed E-state index contributed by atoms with van der Waals surface area (Å²) in [5, 5.41) is 22.2. The molecule has 0 unspecified atom stereocenters. The fraction of sp³-hybridized carbons (Fsp3) is 0. The van der Waals surface area contributed by atoms with Gasteiger partial charge in [-0.3, -0.25) is 4.79 Å². The van der Waals surface area contributed by atoms with Crippen molar-refractivity contribution in [2.45, 2.75) is 0 Å². The van der Waals surface area contributed by atoms with Crippen LogP contribution >= 0.6 is 23.2 Å². The highest BCUT2D eigenvalue weighted by Gasteiger charge is 2.16. The van der Waals surface area contributed by atoms with E-state index >= 15 is 0 Å². The van der Waals surface area contributed by atoms with Crippen LogP contribution in [0.15, 0.2) is 29.1 Å².